The Hall–Kier alpha value is -3.56. The monoisotopic (exact) mass is 639 g/mol. The van der Waals surface area contributed by atoms with Crippen molar-refractivity contribution in [3.63, 3.8) is 0 Å². The van der Waals surface area contributed by atoms with Crippen LogP contribution in [0.5, 0.6) is 5.75 Å². The second kappa shape index (κ2) is 15.4. The number of para-hydroxylation sites is 2. The summed E-state index contributed by atoms with van der Waals surface area (Å²) in [6.45, 7) is 5.56. The minimum absolute atomic E-state index is 0.0199. The van der Waals surface area contributed by atoms with Gasteiger partial charge in [-0.3, -0.25) is 13.9 Å². The van der Waals surface area contributed by atoms with Gasteiger partial charge >= 0.3 is 0 Å². The van der Waals surface area contributed by atoms with Crippen LogP contribution in [0.2, 0.25) is 5.02 Å². The zero-order valence-electron chi connectivity index (χ0n) is 25.7. The molecule has 0 spiro atoms. The maximum absolute atomic E-state index is 14.4. The molecule has 2 amide bonds. The number of hydrogen-bond donors (Lipinski definition) is 1. The molecule has 8 nitrogen and oxygen atoms in total. The number of aryl methyl sites for hydroxylation is 1. The van der Waals surface area contributed by atoms with E-state index in [4.69, 9.17) is 16.3 Å². The fourth-order valence-corrected chi connectivity index (χ4v) is 7.17. The van der Waals surface area contributed by atoms with E-state index in [1.165, 1.54) is 29.2 Å². The van der Waals surface area contributed by atoms with Crippen LogP contribution in [0.15, 0.2) is 77.7 Å². The molecular formula is C34H42ClN3O5S. The van der Waals surface area contributed by atoms with E-state index >= 15 is 0 Å². The average molecular weight is 640 g/mol. The van der Waals surface area contributed by atoms with E-state index in [1.54, 1.807) is 31.2 Å². The number of amides is 2. The SMILES string of the molecule is CCOc1ccccc1N(CC(=O)N(Cc1ccccc1C)[C@H](CC)C(=O)NC1CCCCC1)S(=O)(=O)c1ccc(Cl)cc1. The topological polar surface area (TPSA) is 96.0 Å². The van der Waals surface area contributed by atoms with Gasteiger partial charge in [-0.2, -0.15) is 0 Å². The lowest BCUT2D eigenvalue weighted by molar-refractivity contribution is -0.140. The number of sulfonamides is 1. The lowest BCUT2D eigenvalue weighted by atomic mass is 9.95. The zero-order chi connectivity index (χ0) is 31.7. The number of anilines is 1. The van der Waals surface area contributed by atoms with E-state index in [1.807, 2.05) is 38.1 Å². The first-order valence-corrected chi connectivity index (χ1v) is 17.1. The van der Waals surface area contributed by atoms with Crippen molar-refractivity contribution >= 4 is 39.1 Å². The van der Waals surface area contributed by atoms with Crippen LogP contribution in [0.25, 0.3) is 0 Å². The fraction of sp³-hybridized carbons (Fsp3) is 0.412. The predicted molar refractivity (Wildman–Crippen MR) is 174 cm³/mol. The third kappa shape index (κ3) is 8.12. The van der Waals surface area contributed by atoms with E-state index in [0.29, 0.717) is 23.8 Å². The molecule has 0 saturated heterocycles. The summed E-state index contributed by atoms with van der Waals surface area (Å²) in [6, 6.07) is 19.5. The Bertz CT molecular complexity index is 1520. The molecule has 0 aliphatic heterocycles. The number of nitrogens with one attached hydrogen (secondary N) is 1. The van der Waals surface area contributed by atoms with Gasteiger partial charge in [-0.15, -0.1) is 0 Å². The molecule has 1 saturated carbocycles. The number of carbonyl (C=O) groups excluding carboxylic acids is 2. The first-order valence-electron chi connectivity index (χ1n) is 15.3. The van der Waals surface area contributed by atoms with Crippen molar-refractivity contribution in [3.05, 3.63) is 88.9 Å². The van der Waals surface area contributed by atoms with Gasteiger partial charge < -0.3 is 15.0 Å². The summed E-state index contributed by atoms with van der Waals surface area (Å²) in [7, 11) is -4.25. The Morgan fingerprint density at radius 3 is 2.27 bits per heavy atom. The maximum Gasteiger partial charge on any atom is 0.264 e. The van der Waals surface area contributed by atoms with Gasteiger partial charge in [0.05, 0.1) is 17.2 Å². The van der Waals surface area contributed by atoms with E-state index < -0.39 is 28.5 Å². The normalized spacial score (nSPS) is 14.5. The zero-order valence-corrected chi connectivity index (χ0v) is 27.2. The molecule has 0 bridgehead atoms. The molecule has 1 fully saturated rings. The molecule has 1 atom stereocenters. The lowest BCUT2D eigenvalue weighted by Gasteiger charge is -2.35. The van der Waals surface area contributed by atoms with Crippen LogP contribution in [0, 0.1) is 6.92 Å². The van der Waals surface area contributed by atoms with Gasteiger partial charge in [0.25, 0.3) is 10.0 Å². The van der Waals surface area contributed by atoms with Crippen LogP contribution in [0.4, 0.5) is 5.69 Å². The highest BCUT2D eigenvalue weighted by atomic mass is 35.5. The summed E-state index contributed by atoms with van der Waals surface area (Å²) in [5, 5.41) is 3.57. The summed E-state index contributed by atoms with van der Waals surface area (Å²) in [5.74, 6) is -0.390. The van der Waals surface area contributed by atoms with Crippen molar-refractivity contribution in [1.29, 1.82) is 0 Å². The van der Waals surface area contributed by atoms with Gasteiger partial charge in [-0.1, -0.05) is 74.2 Å². The third-order valence-electron chi connectivity index (χ3n) is 8.05. The van der Waals surface area contributed by atoms with Gasteiger partial charge in [0, 0.05) is 17.6 Å². The van der Waals surface area contributed by atoms with Crippen molar-refractivity contribution in [3.8, 4) is 5.75 Å². The van der Waals surface area contributed by atoms with Crippen LogP contribution in [-0.2, 0) is 26.2 Å². The molecule has 1 N–H and O–H groups in total. The molecule has 0 radical (unpaired) electrons. The van der Waals surface area contributed by atoms with Gasteiger partial charge in [-0.05, 0) is 80.6 Å². The van der Waals surface area contributed by atoms with Gasteiger partial charge in [0.1, 0.15) is 18.3 Å². The van der Waals surface area contributed by atoms with Crippen molar-refractivity contribution in [2.75, 3.05) is 17.5 Å². The standard InChI is InChI=1S/C34H42ClN3O5S/c1-4-30(34(40)36-28-15-7-6-8-16-28)37(23-26-14-10-9-13-25(26)3)33(39)24-38(31-17-11-12-18-32(31)43-5-2)44(41,42)29-21-19-27(35)20-22-29/h9-14,17-22,28,30H,4-8,15-16,23-24H2,1-3H3,(H,36,40)/t30-/m1/s1. The third-order valence-corrected chi connectivity index (χ3v) is 10.1. The largest absolute Gasteiger partial charge is 0.492 e. The second-order valence-corrected chi connectivity index (χ2v) is 13.4. The highest BCUT2D eigenvalue weighted by molar-refractivity contribution is 7.92. The van der Waals surface area contributed by atoms with E-state index in [2.05, 4.69) is 5.32 Å². The van der Waals surface area contributed by atoms with Crippen LogP contribution in [-0.4, -0.2) is 50.4 Å². The van der Waals surface area contributed by atoms with E-state index in [0.717, 1.165) is 47.5 Å². The molecule has 0 heterocycles. The van der Waals surface area contributed by atoms with E-state index in [-0.39, 0.29) is 29.1 Å². The second-order valence-electron chi connectivity index (χ2n) is 11.1. The predicted octanol–water partition coefficient (Wildman–Crippen LogP) is 6.50. The molecule has 44 heavy (non-hydrogen) atoms. The molecule has 1 aliphatic carbocycles. The molecule has 0 unspecified atom stereocenters. The number of benzene rings is 3. The van der Waals surface area contributed by atoms with Crippen molar-refractivity contribution < 1.29 is 22.7 Å². The lowest BCUT2D eigenvalue weighted by Crippen LogP contribution is -2.54. The maximum atomic E-state index is 14.4. The first-order chi connectivity index (χ1) is 21.1. The minimum atomic E-state index is -4.25. The average Bonchev–Trinajstić information content (AvgIpc) is 3.02. The van der Waals surface area contributed by atoms with Crippen molar-refractivity contribution in [2.24, 2.45) is 0 Å². The van der Waals surface area contributed by atoms with E-state index in [9.17, 15) is 18.0 Å². The fourth-order valence-electron chi connectivity index (χ4n) is 5.62. The minimum Gasteiger partial charge on any atom is -0.492 e. The quantitative estimate of drug-likeness (QED) is 0.230. The van der Waals surface area contributed by atoms with Crippen LogP contribution in [0.3, 0.4) is 0 Å². The molecule has 3 aromatic rings. The summed E-state index contributed by atoms with van der Waals surface area (Å²) < 4.78 is 35.2. The summed E-state index contributed by atoms with van der Waals surface area (Å²) in [6.07, 6.45) is 5.47. The number of rotatable bonds is 13. The van der Waals surface area contributed by atoms with Crippen molar-refractivity contribution in [2.45, 2.75) is 82.8 Å². The number of hydrogen-bond acceptors (Lipinski definition) is 5. The first kappa shape index (κ1) is 33.3. The molecule has 3 aromatic carbocycles. The highest BCUT2D eigenvalue weighted by Gasteiger charge is 2.35. The van der Waals surface area contributed by atoms with Crippen LogP contribution >= 0.6 is 11.6 Å². The number of nitrogens with zero attached hydrogens (tertiary/aromatic N) is 2. The Labute approximate surface area is 266 Å². The highest BCUT2D eigenvalue weighted by Crippen LogP contribution is 2.33. The van der Waals surface area contributed by atoms with Gasteiger partial charge in [0.2, 0.25) is 11.8 Å². The summed E-state index contributed by atoms with van der Waals surface area (Å²) >= 11 is 6.06. The Morgan fingerprint density at radius 2 is 1.61 bits per heavy atom. The Kier molecular flexibility index (Phi) is 11.7. The summed E-state index contributed by atoms with van der Waals surface area (Å²) in [4.78, 5) is 29.7. The molecular weight excluding hydrogens is 598 g/mol. The summed E-state index contributed by atoms with van der Waals surface area (Å²) in [5.41, 5.74) is 2.08. The van der Waals surface area contributed by atoms with Crippen molar-refractivity contribution in [1.82, 2.24) is 10.2 Å². The molecule has 1 aliphatic rings. The Morgan fingerprint density at radius 1 is 0.955 bits per heavy atom. The molecule has 236 valence electrons. The van der Waals surface area contributed by atoms with Gasteiger partial charge in [0.15, 0.2) is 0 Å². The molecule has 0 aromatic heterocycles. The van der Waals surface area contributed by atoms with Gasteiger partial charge in [-0.25, -0.2) is 8.42 Å². The van der Waals surface area contributed by atoms with Crippen LogP contribution < -0.4 is 14.4 Å². The molecule has 4 rings (SSSR count). The Balaban J connectivity index is 1.75. The molecule has 10 heteroatoms. The van der Waals surface area contributed by atoms with Crippen LogP contribution in [0.1, 0.15) is 63.5 Å². The smallest absolute Gasteiger partial charge is 0.264 e. The number of carbonyl (C=O) groups is 2. The number of halogens is 1. The number of ether oxygens (including phenoxy) is 1.